The summed E-state index contributed by atoms with van der Waals surface area (Å²) in [6.45, 7) is 10.8. The van der Waals surface area contributed by atoms with Gasteiger partial charge in [0.25, 0.3) is 20.2 Å². The molecule has 0 unspecified atom stereocenters. The Morgan fingerprint density at radius 3 is 2.26 bits per heavy atom. The van der Waals surface area contributed by atoms with Crippen LogP contribution in [0, 0.1) is 19.8 Å². The number of aryl methyl sites for hydroxylation is 1. The van der Waals surface area contributed by atoms with Crippen LogP contribution in [0.5, 0.6) is 0 Å². The maximum Gasteiger partial charge on any atom is 1.00 e. The van der Waals surface area contributed by atoms with Gasteiger partial charge in [-0.1, -0.05) is 32.4 Å². The largest absolute Gasteiger partial charge is 1.00 e. The number of rotatable bonds is 9. The third kappa shape index (κ3) is 20.0. The normalized spacial score (nSPS) is 10.7. The first-order chi connectivity index (χ1) is 13.9. The van der Waals surface area contributed by atoms with Crippen LogP contribution in [-0.4, -0.2) is 57.0 Å². The molecule has 1 aromatic carbocycles. The van der Waals surface area contributed by atoms with Crippen molar-refractivity contribution in [2.45, 2.75) is 25.7 Å². The summed E-state index contributed by atoms with van der Waals surface area (Å²) < 4.78 is 60.9. The summed E-state index contributed by atoms with van der Waals surface area (Å²) in [6, 6.07) is 4.07. The van der Waals surface area contributed by atoms with Crippen molar-refractivity contribution >= 4 is 43.4 Å². The zero-order chi connectivity index (χ0) is 23.8. The number of alkyl halides is 1. The van der Waals surface area contributed by atoms with E-state index in [1.54, 1.807) is 13.8 Å². The molecule has 0 spiro atoms. The number of hydrogen-bond donors (Lipinski definition) is 5. The molecule has 0 saturated carbocycles. The smallest absolute Gasteiger partial charge is 0.568 e. The van der Waals surface area contributed by atoms with Crippen LogP contribution in [0.15, 0.2) is 34.7 Å². The van der Waals surface area contributed by atoms with E-state index in [2.05, 4.69) is 45.3 Å². The van der Waals surface area contributed by atoms with Crippen LogP contribution in [0.4, 0.5) is 5.69 Å². The third-order valence-corrected chi connectivity index (χ3v) is 4.60. The minimum atomic E-state index is -4.29. The zero-order valence-corrected chi connectivity index (χ0v) is 23.8. The molecule has 0 fully saturated rings. The number of halogens is 1. The van der Waals surface area contributed by atoms with Gasteiger partial charge in [0, 0.05) is 18.6 Å². The molecule has 5 N–H and O–H groups in total. The van der Waals surface area contributed by atoms with Crippen LogP contribution in [0.3, 0.4) is 0 Å². The third-order valence-electron chi connectivity index (χ3n) is 3.03. The molecular formula is C17H29ClKN4O6S2-. The van der Waals surface area contributed by atoms with Gasteiger partial charge >= 0.3 is 51.4 Å². The standard InChI is InChI=1S/C12H18N3O6S2.C4H8N.CH3Cl.K/c1-9-3-4-11(23(19,20)21)7-12(9)15-8-14-10(2)13-5-6-22(16,17)18;1-3-5-4-2;1-2;/h3-4,7-8,15H,5-6H2,1-2H3,(H,13,14)(H,16,17,18)(H,19,20,21);5H,1,4H2,2H3;1H3;/q2*-1;;+1. The van der Waals surface area contributed by atoms with Gasteiger partial charge in [0.05, 0.1) is 10.6 Å². The molecule has 10 nitrogen and oxygen atoms in total. The Labute approximate surface area is 233 Å². The number of nitrogens with zero attached hydrogens (tertiary/aromatic N) is 1. The van der Waals surface area contributed by atoms with E-state index < -0.39 is 26.0 Å². The summed E-state index contributed by atoms with van der Waals surface area (Å²) in [5.74, 6) is -0.0484. The molecule has 0 aliphatic rings. The Hall–Kier alpha value is -0.354. The summed E-state index contributed by atoms with van der Waals surface area (Å²) in [6.07, 6.45) is 3.99. The molecule has 0 aliphatic heterocycles. The van der Waals surface area contributed by atoms with Gasteiger partial charge in [0.2, 0.25) is 0 Å². The second-order valence-corrected chi connectivity index (χ2v) is 8.35. The fourth-order valence-corrected chi connectivity index (χ4v) is 2.51. The minimum absolute atomic E-state index is 0. The molecule has 1 aromatic rings. The second-order valence-electron chi connectivity index (χ2n) is 5.36. The molecule has 0 amide bonds. The van der Waals surface area contributed by atoms with Crippen molar-refractivity contribution in [3.8, 4) is 0 Å². The number of hydrogen-bond acceptors (Lipinski definition) is 7. The van der Waals surface area contributed by atoms with E-state index in [4.69, 9.17) is 9.11 Å². The Morgan fingerprint density at radius 2 is 1.84 bits per heavy atom. The van der Waals surface area contributed by atoms with E-state index in [1.807, 2.05) is 6.92 Å². The van der Waals surface area contributed by atoms with E-state index in [0.717, 1.165) is 12.1 Å². The van der Waals surface area contributed by atoms with E-state index in [0.29, 0.717) is 11.5 Å². The molecule has 0 aromatic heterocycles. The first-order valence-corrected chi connectivity index (χ1v) is 12.2. The minimum Gasteiger partial charge on any atom is -0.568 e. The van der Waals surface area contributed by atoms with E-state index in [1.165, 1.54) is 31.3 Å². The van der Waals surface area contributed by atoms with Crippen molar-refractivity contribution in [1.29, 1.82) is 0 Å². The second kappa shape index (κ2) is 19.1. The topological polar surface area (TPSA) is 157 Å². The van der Waals surface area contributed by atoms with Crippen LogP contribution in [0.25, 0.3) is 0 Å². The zero-order valence-electron chi connectivity index (χ0n) is 18.3. The van der Waals surface area contributed by atoms with E-state index in [9.17, 15) is 16.8 Å². The molecule has 14 heteroatoms. The number of nitrogens with one attached hydrogen (secondary N) is 3. The Morgan fingerprint density at radius 1 is 1.26 bits per heavy atom. The van der Waals surface area contributed by atoms with Crippen molar-refractivity contribution in [2.24, 2.45) is 4.99 Å². The molecule has 0 saturated heterocycles. The van der Waals surface area contributed by atoms with Crippen molar-refractivity contribution in [3.63, 3.8) is 0 Å². The quantitative estimate of drug-likeness (QED) is 0.0524. The van der Waals surface area contributed by atoms with Gasteiger partial charge in [-0.2, -0.15) is 16.8 Å². The predicted octanol–water partition coefficient (Wildman–Crippen LogP) is -0.930. The summed E-state index contributed by atoms with van der Waals surface area (Å²) in [5.41, 5.74) is 1.18. The van der Waals surface area contributed by atoms with Crippen LogP contribution in [-0.2, 0) is 20.2 Å². The van der Waals surface area contributed by atoms with Crippen molar-refractivity contribution in [1.82, 2.24) is 10.6 Å². The number of amidine groups is 1. The maximum atomic E-state index is 11.1. The molecule has 0 atom stereocenters. The van der Waals surface area contributed by atoms with Crippen LogP contribution in [0.1, 0.15) is 19.4 Å². The average molecular weight is 524 g/mol. The average Bonchev–Trinajstić information content (AvgIpc) is 2.64. The Balaban J connectivity index is -0.000000858. The summed E-state index contributed by atoms with van der Waals surface area (Å²) >= 11 is 4.64. The molecular weight excluding hydrogens is 495 g/mol. The Kier molecular flexibility index (Phi) is 21.8. The number of anilines is 1. The number of aliphatic imine (C=N–C) groups is 1. The summed E-state index contributed by atoms with van der Waals surface area (Å²) in [5, 5.41) is 8.20. The van der Waals surface area contributed by atoms with E-state index >= 15 is 0 Å². The van der Waals surface area contributed by atoms with Gasteiger partial charge < -0.3 is 27.1 Å². The molecule has 31 heavy (non-hydrogen) atoms. The Bertz CT molecular complexity index is 881. The van der Waals surface area contributed by atoms with Crippen molar-refractivity contribution in [2.75, 3.05) is 30.5 Å². The fourth-order valence-electron chi connectivity index (χ4n) is 1.65. The molecule has 0 heterocycles. The van der Waals surface area contributed by atoms with Crippen molar-refractivity contribution in [3.05, 3.63) is 43.2 Å². The molecule has 0 aliphatic carbocycles. The summed E-state index contributed by atoms with van der Waals surface area (Å²) in [4.78, 5) is 3.71. The molecule has 0 radical (unpaired) electrons. The van der Waals surface area contributed by atoms with Crippen molar-refractivity contribution < 1.29 is 77.3 Å². The van der Waals surface area contributed by atoms with Gasteiger partial charge in [-0.3, -0.25) is 15.7 Å². The van der Waals surface area contributed by atoms with Gasteiger partial charge in [-0.05, 0) is 31.2 Å². The summed E-state index contributed by atoms with van der Waals surface area (Å²) in [7, 11) is -8.32. The number of benzene rings is 1. The van der Waals surface area contributed by atoms with Crippen LogP contribution < -0.4 is 67.3 Å². The van der Waals surface area contributed by atoms with Gasteiger partial charge in [-0.15, -0.1) is 11.6 Å². The first kappa shape index (κ1) is 35.2. The van der Waals surface area contributed by atoms with Crippen LogP contribution in [0.2, 0.25) is 0 Å². The first-order valence-electron chi connectivity index (χ1n) is 8.43. The van der Waals surface area contributed by atoms with Crippen LogP contribution >= 0.6 is 11.6 Å². The monoisotopic (exact) mass is 523 g/mol. The molecule has 1 rings (SSSR count). The van der Waals surface area contributed by atoms with Gasteiger partial charge in [0.15, 0.2) is 0 Å². The van der Waals surface area contributed by atoms with Gasteiger partial charge in [-0.25, -0.2) is 0 Å². The maximum absolute atomic E-state index is 11.1. The molecule has 0 bridgehead atoms. The molecule has 174 valence electrons. The fraction of sp³-hybridized carbons (Fsp3) is 0.412. The predicted molar refractivity (Wildman–Crippen MR) is 121 cm³/mol. The van der Waals surface area contributed by atoms with Gasteiger partial charge in [0.1, 0.15) is 0 Å². The van der Waals surface area contributed by atoms with E-state index in [-0.39, 0.29) is 62.8 Å². The SMILES string of the molecule is C/C(=N\[CH-]Nc1cc(S(=O)(=O)O)ccc1C)NCCS(=O)(=O)O.C=[C-]NCC.CCl.[K+].